The molecule has 0 spiro atoms. The molecule has 2 aromatic rings. The van der Waals surface area contributed by atoms with Gasteiger partial charge in [0.15, 0.2) is 0 Å². The lowest BCUT2D eigenvalue weighted by atomic mass is 9.71. The molecule has 4 rings (SSSR count). The summed E-state index contributed by atoms with van der Waals surface area (Å²) in [7, 11) is 0. The third-order valence-electron chi connectivity index (χ3n) is 4.70. The van der Waals surface area contributed by atoms with E-state index in [1.54, 1.807) is 0 Å². The summed E-state index contributed by atoms with van der Waals surface area (Å²) in [4.78, 5) is 0. The third-order valence-corrected chi connectivity index (χ3v) is 4.70. The first-order chi connectivity index (χ1) is 9.31. The van der Waals surface area contributed by atoms with Crippen LogP contribution >= 0.6 is 0 Å². The Labute approximate surface area is 113 Å². The van der Waals surface area contributed by atoms with Crippen LogP contribution in [0, 0.1) is 11.8 Å². The van der Waals surface area contributed by atoms with Gasteiger partial charge in [0.25, 0.3) is 0 Å². The first kappa shape index (κ1) is 11.3. The highest BCUT2D eigenvalue weighted by Gasteiger charge is 2.41. The summed E-state index contributed by atoms with van der Waals surface area (Å²) in [6.45, 7) is 2.20. The minimum atomic E-state index is 0.285. The Kier molecular flexibility index (Phi) is 2.52. The van der Waals surface area contributed by atoms with Crippen LogP contribution < -0.4 is 5.32 Å². The van der Waals surface area contributed by atoms with E-state index < -0.39 is 0 Å². The van der Waals surface area contributed by atoms with Crippen molar-refractivity contribution in [1.82, 2.24) is 5.32 Å². The highest BCUT2D eigenvalue weighted by Crippen LogP contribution is 2.43. The van der Waals surface area contributed by atoms with Crippen molar-refractivity contribution < 1.29 is 4.42 Å². The van der Waals surface area contributed by atoms with E-state index in [4.69, 9.17) is 4.42 Å². The molecule has 1 aromatic carbocycles. The molecule has 2 heteroatoms. The Balaban J connectivity index is 1.50. The fourth-order valence-corrected chi connectivity index (χ4v) is 3.53. The number of hydrogen-bond donors (Lipinski definition) is 1. The summed E-state index contributed by atoms with van der Waals surface area (Å²) in [5, 5.41) is 4.91. The zero-order valence-corrected chi connectivity index (χ0v) is 11.2. The predicted molar refractivity (Wildman–Crippen MR) is 76.9 cm³/mol. The summed E-state index contributed by atoms with van der Waals surface area (Å²) in [5.41, 5.74) is 0.985. The smallest absolute Gasteiger partial charge is 0.134 e. The van der Waals surface area contributed by atoms with Gasteiger partial charge < -0.3 is 9.73 Å². The molecule has 4 unspecified atom stereocenters. The molecule has 1 heterocycles. The molecule has 4 atom stereocenters. The minimum absolute atomic E-state index is 0.285. The monoisotopic (exact) mass is 253 g/mol. The van der Waals surface area contributed by atoms with Crippen LogP contribution in [0.5, 0.6) is 0 Å². The molecule has 0 radical (unpaired) electrons. The molecule has 1 N–H and O–H groups in total. The van der Waals surface area contributed by atoms with Crippen molar-refractivity contribution in [2.24, 2.45) is 11.8 Å². The molecule has 1 aromatic heterocycles. The molecule has 0 aliphatic heterocycles. The molecule has 19 heavy (non-hydrogen) atoms. The van der Waals surface area contributed by atoms with Crippen LogP contribution in [0.1, 0.15) is 31.6 Å². The number of furan rings is 1. The molecule has 98 valence electrons. The Hall–Kier alpha value is -1.54. The van der Waals surface area contributed by atoms with Gasteiger partial charge in [0, 0.05) is 11.4 Å². The molecular weight excluding hydrogens is 234 g/mol. The maximum absolute atomic E-state index is 5.93. The zero-order valence-electron chi connectivity index (χ0n) is 11.2. The number of nitrogens with one attached hydrogen (secondary N) is 1. The largest absolute Gasteiger partial charge is 0.459 e. The summed E-state index contributed by atoms with van der Waals surface area (Å²) in [5.74, 6) is 2.71. The van der Waals surface area contributed by atoms with Gasteiger partial charge in [-0.15, -0.1) is 0 Å². The predicted octanol–water partition coefficient (Wildman–Crippen LogP) is 4.05. The average Bonchev–Trinajstić information content (AvgIpc) is 2.99. The van der Waals surface area contributed by atoms with E-state index in [2.05, 4.69) is 42.6 Å². The van der Waals surface area contributed by atoms with Crippen molar-refractivity contribution in [2.75, 3.05) is 0 Å². The summed E-state index contributed by atoms with van der Waals surface area (Å²) >= 11 is 0. The highest BCUT2D eigenvalue weighted by molar-refractivity contribution is 5.77. The van der Waals surface area contributed by atoms with Gasteiger partial charge in [-0.2, -0.15) is 0 Å². The quantitative estimate of drug-likeness (QED) is 0.835. The highest BCUT2D eigenvalue weighted by atomic mass is 16.3. The Bertz CT molecular complexity index is 594. The van der Waals surface area contributed by atoms with E-state index in [1.165, 1.54) is 18.2 Å². The molecule has 0 amide bonds. The second-order valence-electron chi connectivity index (χ2n) is 5.92. The normalized spacial score (nSPS) is 30.3. The van der Waals surface area contributed by atoms with Gasteiger partial charge in [-0.1, -0.05) is 30.4 Å². The van der Waals surface area contributed by atoms with Crippen LogP contribution in [0.2, 0.25) is 0 Å². The van der Waals surface area contributed by atoms with Gasteiger partial charge in [0.05, 0.1) is 6.04 Å². The van der Waals surface area contributed by atoms with E-state index >= 15 is 0 Å². The van der Waals surface area contributed by atoms with E-state index in [-0.39, 0.29) is 6.04 Å². The van der Waals surface area contributed by atoms with E-state index in [9.17, 15) is 0 Å². The number of allylic oxidation sites excluding steroid dienone is 1. The van der Waals surface area contributed by atoms with Gasteiger partial charge in [0.2, 0.25) is 0 Å². The number of rotatable bonds is 3. The molecule has 2 nitrogen and oxygen atoms in total. The molecule has 0 bridgehead atoms. The fourth-order valence-electron chi connectivity index (χ4n) is 3.53. The topological polar surface area (TPSA) is 25.2 Å². The Morgan fingerprint density at radius 1 is 1.32 bits per heavy atom. The van der Waals surface area contributed by atoms with Crippen LogP contribution in [0.3, 0.4) is 0 Å². The van der Waals surface area contributed by atoms with Crippen molar-refractivity contribution in [3.63, 3.8) is 0 Å². The van der Waals surface area contributed by atoms with Crippen LogP contribution in [-0.4, -0.2) is 6.04 Å². The number of para-hydroxylation sites is 1. The van der Waals surface area contributed by atoms with Gasteiger partial charge in [-0.3, -0.25) is 0 Å². The van der Waals surface area contributed by atoms with Gasteiger partial charge in [-0.05, 0) is 43.7 Å². The zero-order chi connectivity index (χ0) is 12.8. The Morgan fingerprint density at radius 3 is 3.05 bits per heavy atom. The lowest BCUT2D eigenvalue weighted by Gasteiger charge is -2.42. The van der Waals surface area contributed by atoms with Crippen LogP contribution in [0.25, 0.3) is 11.0 Å². The average molecular weight is 253 g/mol. The molecule has 2 aliphatic rings. The van der Waals surface area contributed by atoms with Crippen LogP contribution in [0.15, 0.2) is 46.9 Å². The number of benzene rings is 1. The Morgan fingerprint density at radius 2 is 2.21 bits per heavy atom. The van der Waals surface area contributed by atoms with Crippen molar-refractivity contribution in [1.29, 1.82) is 0 Å². The van der Waals surface area contributed by atoms with Crippen molar-refractivity contribution in [3.05, 3.63) is 48.2 Å². The number of hydrogen-bond acceptors (Lipinski definition) is 2. The van der Waals surface area contributed by atoms with Gasteiger partial charge in [-0.25, -0.2) is 0 Å². The summed E-state index contributed by atoms with van der Waals surface area (Å²) in [6.07, 6.45) is 7.31. The number of fused-ring (bicyclic) bond motifs is 2. The molecular formula is C17H19NO. The molecule has 0 saturated heterocycles. The summed E-state index contributed by atoms with van der Waals surface area (Å²) < 4.78 is 5.93. The fraction of sp³-hybridized carbons (Fsp3) is 0.412. The molecule has 2 aliphatic carbocycles. The lowest BCUT2D eigenvalue weighted by molar-refractivity contribution is 0.148. The molecule has 1 fully saturated rings. The second-order valence-corrected chi connectivity index (χ2v) is 5.92. The minimum Gasteiger partial charge on any atom is -0.459 e. The third kappa shape index (κ3) is 1.82. The molecule has 1 saturated carbocycles. The van der Waals surface area contributed by atoms with Gasteiger partial charge >= 0.3 is 0 Å². The standard InChI is InChI=1S/C17H19NO/c1-11(18-15-9-12-6-4-7-14(12)15)17-10-13-5-2-3-8-16(13)19-17/h2-5,7-8,10-12,14-15,18H,6,9H2,1H3. The van der Waals surface area contributed by atoms with Crippen LogP contribution in [-0.2, 0) is 0 Å². The SMILES string of the molecule is CC(NC1CC2CC=CC21)c1cc2ccccc2o1. The van der Waals surface area contributed by atoms with E-state index in [1.807, 2.05) is 12.1 Å². The van der Waals surface area contributed by atoms with Crippen LogP contribution in [0.4, 0.5) is 0 Å². The maximum Gasteiger partial charge on any atom is 0.134 e. The van der Waals surface area contributed by atoms with E-state index in [0.717, 1.165) is 23.2 Å². The second kappa shape index (κ2) is 4.24. The summed E-state index contributed by atoms with van der Waals surface area (Å²) in [6, 6.07) is 11.3. The maximum atomic E-state index is 5.93. The van der Waals surface area contributed by atoms with Crippen molar-refractivity contribution in [2.45, 2.75) is 31.8 Å². The van der Waals surface area contributed by atoms with E-state index in [0.29, 0.717) is 6.04 Å². The van der Waals surface area contributed by atoms with Gasteiger partial charge in [0.1, 0.15) is 11.3 Å². The first-order valence-electron chi connectivity index (χ1n) is 7.22. The van der Waals surface area contributed by atoms with Crippen molar-refractivity contribution >= 4 is 11.0 Å². The van der Waals surface area contributed by atoms with Crippen molar-refractivity contribution in [3.8, 4) is 0 Å². The lowest BCUT2D eigenvalue weighted by Crippen LogP contribution is -2.48. The first-order valence-corrected chi connectivity index (χ1v) is 7.22.